The topological polar surface area (TPSA) is 108 Å². The zero-order valence-corrected chi connectivity index (χ0v) is 14.3. The third-order valence-corrected chi connectivity index (χ3v) is 5.03. The number of aromatic nitrogens is 4. The Labute approximate surface area is 144 Å². The van der Waals surface area contributed by atoms with Crippen LogP contribution in [0, 0.1) is 10.1 Å². The van der Waals surface area contributed by atoms with Crippen LogP contribution in [0.5, 0.6) is 5.75 Å². The Bertz CT molecular complexity index is 878. The maximum absolute atomic E-state index is 11.0. The van der Waals surface area contributed by atoms with Gasteiger partial charge >= 0.3 is 5.82 Å². The van der Waals surface area contributed by atoms with Crippen molar-refractivity contribution in [3.63, 3.8) is 0 Å². The highest BCUT2D eigenvalue weighted by Crippen LogP contribution is 2.37. The summed E-state index contributed by atoms with van der Waals surface area (Å²) in [5.41, 5.74) is 0.763. The third-order valence-electron chi connectivity index (χ3n) is 2.98. The molecule has 0 aliphatic heterocycles. The number of hydrogen-bond donors (Lipinski definition) is 1. The molecule has 0 radical (unpaired) electrons. The molecular formula is C13H12N6O3S2. The van der Waals surface area contributed by atoms with E-state index >= 15 is 0 Å². The molecule has 0 saturated carbocycles. The van der Waals surface area contributed by atoms with Crippen LogP contribution in [0.2, 0.25) is 0 Å². The van der Waals surface area contributed by atoms with Crippen molar-refractivity contribution in [3.8, 4) is 5.75 Å². The van der Waals surface area contributed by atoms with Gasteiger partial charge in [0.15, 0.2) is 9.37 Å². The summed E-state index contributed by atoms with van der Waals surface area (Å²) in [4.78, 5) is 14.3. The molecule has 11 heteroatoms. The van der Waals surface area contributed by atoms with Crippen LogP contribution in [0.3, 0.4) is 0 Å². The minimum atomic E-state index is -0.517. The van der Waals surface area contributed by atoms with Crippen LogP contribution in [-0.2, 0) is 7.05 Å². The number of nitrogens with zero attached hydrogens (tertiary/aromatic N) is 5. The summed E-state index contributed by atoms with van der Waals surface area (Å²) in [5, 5.41) is 23.2. The van der Waals surface area contributed by atoms with Crippen molar-refractivity contribution in [2.45, 2.75) is 9.37 Å². The van der Waals surface area contributed by atoms with E-state index in [1.54, 1.807) is 18.7 Å². The molecule has 0 saturated heterocycles. The standard InChI is InChI=1S/C13H12N6O3S2/c1-18-7-14-10(19(20)21)11(18)23-13-17-16-12(24-13)15-8-5-3-4-6-9(8)22-2/h3-7H,1-2H3,(H,15,16). The molecule has 24 heavy (non-hydrogen) atoms. The van der Waals surface area contributed by atoms with Crippen LogP contribution < -0.4 is 10.1 Å². The van der Waals surface area contributed by atoms with Gasteiger partial charge in [-0.05, 0) is 33.8 Å². The summed E-state index contributed by atoms with van der Waals surface area (Å²) < 4.78 is 7.42. The molecule has 0 atom stereocenters. The molecule has 0 aliphatic carbocycles. The smallest absolute Gasteiger partial charge is 0.396 e. The van der Waals surface area contributed by atoms with Gasteiger partial charge in [0.1, 0.15) is 5.75 Å². The fourth-order valence-electron chi connectivity index (χ4n) is 1.90. The Kier molecular flexibility index (Phi) is 4.62. The van der Waals surface area contributed by atoms with Gasteiger partial charge in [0.25, 0.3) is 0 Å². The van der Waals surface area contributed by atoms with Crippen molar-refractivity contribution in [1.82, 2.24) is 19.7 Å². The Balaban J connectivity index is 1.79. The molecule has 3 aromatic rings. The highest BCUT2D eigenvalue weighted by Gasteiger charge is 2.22. The number of methoxy groups -OCH3 is 1. The second-order valence-electron chi connectivity index (χ2n) is 4.54. The van der Waals surface area contributed by atoms with E-state index in [0.29, 0.717) is 20.2 Å². The van der Waals surface area contributed by atoms with Crippen molar-refractivity contribution in [2.24, 2.45) is 7.05 Å². The molecule has 124 valence electrons. The fraction of sp³-hybridized carbons (Fsp3) is 0.154. The number of nitrogens with one attached hydrogen (secondary N) is 1. The van der Waals surface area contributed by atoms with Crippen molar-refractivity contribution in [2.75, 3.05) is 12.4 Å². The number of imidazole rings is 1. The first kappa shape index (κ1) is 16.2. The summed E-state index contributed by atoms with van der Waals surface area (Å²) in [6.45, 7) is 0. The summed E-state index contributed by atoms with van der Waals surface area (Å²) in [7, 11) is 3.28. The predicted octanol–water partition coefficient (Wildman–Crippen LogP) is 3.08. The Morgan fingerprint density at radius 2 is 2.17 bits per heavy atom. The molecule has 0 spiro atoms. The van der Waals surface area contributed by atoms with Gasteiger partial charge in [-0.3, -0.25) is 0 Å². The van der Waals surface area contributed by atoms with E-state index in [2.05, 4.69) is 20.5 Å². The molecule has 3 rings (SSSR count). The molecular weight excluding hydrogens is 352 g/mol. The summed E-state index contributed by atoms with van der Waals surface area (Å²) in [6.07, 6.45) is 1.40. The molecule has 0 fully saturated rings. The molecule has 0 bridgehead atoms. The molecule has 0 amide bonds. The molecule has 0 unspecified atom stereocenters. The van der Waals surface area contributed by atoms with Gasteiger partial charge in [-0.15, -0.1) is 10.2 Å². The molecule has 1 aromatic carbocycles. The largest absolute Gasteiger partial charge is 0.495 e. The molecule has 0 aliphatic rings. The first-order chi connectivity index (χ1) is 11.6. The first-order valence-corrected chi connectivity index (χ1v) is 8.29. The predicted molar refractivity (Wildman–Crippen MR) is 90.2 cm³/mol. The lowest BCUT2D eigenvalue weighted by molar-refractivity contribution is -0.392. The highest BCUT2D eigenvalue weighted by molar-refractivity contribution is 8.01. The normalized spacial score (nSPS) is 10.6. The van der Waals surface area contributed by atoms with Gasteiger partial charge in [-0.1, -0.05) is 23.5 Å². The number of hydrogen-bond acceptors (Lipinski definition) is 9. The average Bonchev–Trinajstić information content (AvgIpc) is 3.16. The Morgan fingerprint density at radius 3 is 2.92 bits per heavy atom. The maximum Gasteiger partial charge on any atom is 0.396 e. The number of benzene rings is 1. The van der Waals surface area contributed by atoms with Crippen molar-refractivity contribution < 1.29 is 9.66 Å². The summed E-state index contributed by atoms with van der Waals surface area (Å²) in [6, 6.07) is 7.44. The van der Waals surface area contributed by atoms with Crippen LogP contribution >= 0.6 is 23.1 Å². The van der Waals surface area contributed by atoms with Crippen LogP contribution in [0.4, 0.5) is 16.6 Å². The number of aryl methyl sites for hydroxylation is 1. The van der Waals surface area contributed by atoms with E-state index in [1.807, 2.05) is 24.3 Å². The van der Waals surface area contributed by atoms with E-state index < -0.39 is 4.92 Å². The van der Waals surface area contributed by atoms with Gasteiger partial charge in [0, 0.05) is 7.05 Å². The van der Waals surface area contributed by atoms with Gasteiger partial charge in [-0.2, -0.15) is 0 Å². The second-order valence-corrected chi connectivity index (χ2v) is 6.76. The zero-order chi connectivity index (χ0) is 17.1. The van der Waals surface area contributed by atoms with E-state index in [4.69, 9.17) is 4.74 Å². The Morgan fingerprint density at radius 1 is 1.38 bits per heavy atom. The van der Waals surface area contributed by atoms with Gasteiger partial charge in [-0.25, -0.2) is 0 Å². The summed E-state index contributed by atoms with van der Waals surface area (Å²) in [5.74, 6) is 0.487. The average molecular weight is 364 g/mol. The van der Waals surface area contributed by atoms with Gasteiger partial charge in [0.05, 0.1) is 12.8 Å². The third kappa shape index (κ3) is 3.31. The lowest BCUT2D eigenvalue weighted by Crippen LogP contribution is -1.93. The van der Waals surface area contributed by atoms with E-state index in [0.717, 1.165) is 17.4 Å². The molecule has 9 nitrogen and oxygen atoms in total. The molecule has 2 heterocycles. The van der Waals surface area contributed by atoms with Crippen molar-refractivity contribution in [1.29, 1.82) is 0 Å². The Hall–Kier alpha value is -2.66. The van der Waals surface area contributed by atoms with Crippen LogP contribution in [0.25, 0.3) is 0 Å². The van der Waals surface area contributed by atoms with Crippen LogP contribution in [-0.4, -0.2) is 31.8 Å². The lowest BCUT2D eigenvalue weighted by Gasteiger charge is -2.07. The molecule has 1 N–H and O–H groups in total. The zero-order valence-electron chi connectivity index (χ0n) is 12.7. The number of ether oxygens (including phenoxy) is 1. The number of nitro groups is 1. The minimum Gasteiger partial charge on any atom is -0.495 e. The number of anilines is 2. The van der Waals surface area contributed by atoms with Crippen molar-refractivity contribution in [3.05, 3.63) is 40.7 Å². The van der Waals surface area contributed by atoms with Crippen molar-refractivity contribution >= 4 is 39.7 Å². The van der Waals surface area contributed by atoms with E-state index in [9.17, 15) is 10.1 Å². The van der Waals surface area contributed by atoms with Gasteiger partial charge < -0.3 is 24.7 Å². The quantitative estimate of drug-likeness (QED) is 0.525. The SMILES string of the molecule is COc1ccccc1Nc1nnc(Sc2c([N+](=O)[O-])ncn2C)s1. The van der Waals surface area contributed by atoms with E-state index in [1.165, 1.54) is 17.7 Å². The van der Waals surface area contributed by atoms with Gasteiger partial charge in [0.2, 0.25) is 11.5 Å². The lowest BCUT2D eigenvalue weighted by atomic mass is 10.3. The fourth-order valence-corrected chi connectivity index (χ4v) is 3.68. The second kappa shape index (κ2) is 6.84. The molecule has 2 aromatic heterocycles. The monoisotopic (exact) mass is 364 g/mol. The maximum atomic E-state index is 11.0. The first-order valence-electron chi connectivity index (χ1n) is 6.65. The summed E-state index contributed by atoms with van der Waals surface area (Å²) >= 11 is 2.43. The van der Waals surface area contributed by atoms with Crippen LogP contribution in [0.1, 0.15) is 0 Å². The number of para-hydroxylation sites is 2. The number of rotatable bonds is 6. The van der Waals surface area contributed by atoms with E-state index in [-0.39, 0.29) is 5.82 Å². The minimum absolute atomic E-state index is 0.197. The van der Waals surface area contributed by atoms with Crippen LogP contribution in [0.15, 0.2) is 40.0 Å². The highest BCUT2D eigenvalue weighted by atomic mass is 32.2.